The number of unbranched alkanes of at least 4 members (excludes halogenated alkanes) is 1. The van der Waals surface area contributed by atoms with E-state index in [1.165, 1.54) is 44.7 Å². The number of benzene rings is 1. The Hall–Kier alpha value is -1.65. The van der Waals surface area contributed by atoms with E-state index in [1.807, 2.05) is 30.2 Å². The minimum absolute atomic E-state index is 0. The van der Waals surface area contributed by atoms with Crippen LogP contribution in [-0.4, -0.2) is 78.4 Å². The van der Waals surface area contributed by atoms with Crippen molar-refractivity contribution in [1.29, 1.82) is 0 Å². The maximum absolute atomic E-state index is 4.31. The molecule has 8 heteroatoms. The number of hydrogen-bond donors (Lipinski definition) is 2. The third kappa shape index (κ3) is 10.0. The Bertz CT molecular complexity index is 713. The van der Waals surface area contributed by atoms with Gasteiger partial charge in [-0.1, -0.05) is 30.3 Å². The number of piperazine rings is 1. The Balaban J connectivity index is 0.00000341. The highest BCUT2D eigenvalue weighted by molar-refractivity contribution is 14.0. The Morgan fingerprint density at radius 1 is 0.903 bits per heavy atom. The Labute approximate surface area is 204 Å². The summed E-state index contributed by atoms with van der Waals surface area (Å²) in [5.41, 5.74) is 1.42. The number of halogens is 1. The van der Waals surface area contributed by atoms with Crippen LogP contribution in [-0.2, 0) is 13.1 Å². The fraction of sp³-hybridized carbons (Fsp3) is 0.565. The number of rotatable bonds is 11. The van der Waals surface area contributed by atoms with Crippen molar-refractivity contribution in [3.63, 3.8) is 0 Å². The van der Waals surface area contributed by atoms with Gasteiger partial charge in [0, 0.05) is 71.8 Å². The summed E-state index contributed by atoms with van der Waals surface area (Å²) in [6.45, 7) is 9.75. The molecule has 0 atom stereocenters. The van der Waals surface area contributed by atoms with Crippen molar-refractivity contribution in [1.82, 2.24) is 30.2 Å². The summed E-state index contributed by atoms with van der Waals surface area (Å²) in [7, 11) is 1.83. The van der Waals surface area contributed by atoms with Crippen molar-refractivity contribution in [2.45, 2.75) is 32.4 Å². The molecule has 2 aromatic rings. The third-order valence-electron chi connectivity index (χ3n) is 5.55. The number of guanidine groups is 1. The predicted molar refractivity (Wildman–Crippen MR) is 139 cm³/mol. The van der Waals surface area contributed by atoms with E-state index in [2.05, 4.69) is 60.9 Å². The maximum atomic E-state index is 4.31. The summed E-state index contributed by atoms with van der Waals surface area (Å²) in [6.07, 6.45) is 7.23. The molecule has 0 amide bonds. The van der Waals surface area contributed by atoms with Crippen molar-refractivity contribution in [3.05, 3.63) is 54.4 Å². The van der Waals surface area contributed by atoms with E-state index in [9.17, 15) is 0 Å². The summed E-state index contributed by atoms with van der Waals surface area (Å²) in [5, 5.41) is 11.0. The van der Waals surface area contributed by atoms with Crippen molar-refractivity contribution < 1.29 is 0 Å². The van der Waals surface area contributed by atoms with Crippen LogP contribution >= 0.6 is 24.0 Å². The van der Waals surface area contributed by atoms with Crippen LogP contribution in [0, 0.1) is 0 Å². The summed E-state index contributed by atoms with van der Waals surface area (Å²) in [5.74, 6) is 0.894. The second-order valence-corrected chi connectivity index (χ2v) is 7.86. The fourth-order valence-electron chi connectivity index (χ4n) is 3.78. The van der Waals surface area contributed by atoms with Gasteiger partial charge in [0.1, 0.15) is 0 Å². The molecule has 0 bridgehead atoms. The van der Waals surface area contributed by atoms with Crippen molar-refractivity contribution >= 4 is 29.9 Å². The lowest BCUT2D eigenvalue weighted by Gasteiger charge is -2.34. The number of aromatic nitrogens is 2. The standard InChI is InChI=1S/C23H37N7.HI/c1-24-23(26-12-7-15-30-16-8-13-27-30)25-11-5-6-14-28-17-19-29(20-18-28)21-22-9-3-2-4-10-22;/h2-4,8-10,13,16H,5-7,11-12,14-15,17-21H2,1H3,(H2,24,25,26);1H. The normalized spacial score (nSPS) is 15.5. The molecule has 3 rings (SSSR count). The van der Waals surface area contributed by atoms with Crippen LogP contribution in [0.1, 0.15) is 24.8 Å². The van der Waals surface area contributed by atoms with Crippen molar-refractivity contribution in [2.75, 3.05) is 52.9 Å². The number of aryl methyl sites for hydroxylation is 1. The Morgan fingerprint density at radius 2 is 1.61 bits per heavy atom. The molecule has 1 aliphatic heterocycles. The number of nitrogens with zero attached hydrogens (tertiary/aromatic N) is 5. The van der Waals surface area contributed by atoms with E-state index in [1.54, 1.807) is 0 Å². The lowest BCUT2D eigenvalue weighted by molar-refractivity contribution is 0.126. The molecule has 0 radical (unpaired) electrons. The minimum Gasteiger partial charge on any atom is -0.356 e. The molecular formula is C23H38IN7. The van der Waals surface area contributed by atoms with Crippen LogP contribution < -0.4 is 10.6 Å². The average molecular weight is 540 g/mol. The predicted octanol–water partition coefficient (Wildman–Crippen LogP) is 2.65. The molecule has 2 heterocycles. The summed E-state index contributed by atoms with van der Waals surface area (Å²) >= 11 is 0. The molecule has 172 valence electrons. The van der Waals surface area contributed by atoms with Gasteiger partial charge in [-0.05, 0) is 37.4 Å². The van der Waals surface area contributed by atoms with Crippen LogP contribution in [0.25, 0.3) is 0 Å². The number of hydrogen-bond acceptors (Lipinski definition) is 4. The average Bonchev–Trinajstić information content (AvgIpc) is 3.30. The first-order chi connectivity index (χ1) is 14.8. The molecule has 2 N–H and O–H groups in total. The maximum Gasteiger partial charge on any atom is 0.190 e. The van der Waals surface area contributed by atoms with Crippen LogP contribution in [0.4, 0.5) is 0 Å². The molecule has 1 aromatic heterocycles. The van der Waals surface area contributed by atoms with Crippen LogP contribution in [0.3, 0.4) is 0 Å². The van der Waals surface area contributed by atoms with Gasteiger partial charge in [0.15, 0.2) is 5.96 Å². The Kier molecular flexibility index (Phi) is 12.6. The highest BCUT2D eigenvalue weighted by Crippen LogP contribution is 2.09. The smallest absolute Gasteiger partial charge is 0.190 e. The van der Waals surface area contributed by atoms with Crippen molar-refractivity contribution in [2.24, 2.45) is 4.99 Å². The van der Waals surface area contributed by atoms with Gasteiger partial charge < -0.3 is 15.5 Å². The van der Waals surface area contributed by atoms with Gasteiger partial charge in [0.05, 0.1) is 0 Å². The van der Waals surface area contributed by atoms with Gasteiger partial charge in [0.25, 0.3) is 0 Å². The molecular weight excluding hydrogens is 501 g/mol. The largest absolute Gasteiger partial charge is 0.356 e. The third-order valence-corrected chi connectivity index (χ3v) is 5.55. The highest BCUT2D eigenvalue weighted by atomic mass is 127. The first-order valence-electron chi connectivity index (χ1n) is 11.2. The number of aliphatic imine (C=N–C) groups is 1. The van der Waals surface area contributed by atoms with Crippen LogP contribution in [0.15, 0.2) is 53.8 Å². The van der Waals surface area contributed by atoms with Gasteiger partial charge in [-0.25, -0.2) is 0 Å². The molecule has 31 heavy (non-hydrogen) atoms. The molecule has 0 spiro atoms. The molecule has 7 nitrogen and oxygen atoms in total. The fourth-order valence-corrected chi connectivity index (χ4v) is 3.78. The summed E-state index contributed by atoms with van der Waals surface area (Å²) < 4.78 is 1.96. The highest BCUT2D eigenvalue weighted by Gasteiger charge is 2.16. The van der Waals surface area contributed by atoms with Gasteiger partial charge in [-0.3, -0.25) is 14.6 Å². The number of nitrogens with one attached hydrogen (secondary N) is 2. The van der Waals surface area contributed by atoms with Crippen LogP contribution in [0.2, 0.25) is 0 Å². The molecule has 0 saturated carbocycles. The molecule has 0 aliphatic carbocycles. The lowest BCUT2D eigenvalue weighted by Crippen LogP contribution is -2.46. The van der Waals surface area contributed by atoms with Gasteiger partial charge in [-0.15, -0.1) is 24.0 Å². The molecule has 1 aromatic carbocycles. The van der Waals surface area contributed by atoms with Gasteiger partial charge >= 0.3 is 0 Å². The van der Waals surface area contributed by atoms with E-state index in [0.29, 0.717) is 0 Å². The second-order valence-electron chi connectivity index (χ2n) is 7.86. The van der Waals surface area contributed by atoms with Crippen molar-refractivity contribution in [3.8, 4) is 0 Å². The lowest BCUT2D eigenvalue weighted by atomic mass is 10.2. The zero-order valence-electron chi connectivity index (χ0n) is 18.7. The second kappa shape index (κ2) is 15.2. The monoisotopic (exact) mass is 539 g/mol. The quantitative estimate of drug-likeness (QED) is 0.199. The minimum atomic E-state index is 0. The first kappa shape index (κ1) is 25.6. The summed E-state index contributed by atoms with van der Waals surface area (Å²) in [6, 6.07) is 12.8. The van der Waals surface area contributed by atoms with E-state index in [4.69, 9.17) is 0 Å². The SMILES string of the molecule is CN=C(NCCCCN1CCN(Cc2ccccc2)CC1)NCCCn1cccn1.I. The summed E-state index contributed by atoms with van der Waals surface area (Å²) in [4.78, 5) is 9.47. The van der Waals surface area contributed by atoms with E-state index in [0.717, 1.165) is 45.0 Å². The Morgan fingerprint density at radius 3 is 2.29 bits per heavy atom. The topological polar surface area (TPSA) is 60.7 Å². The van der Waals surface area contributed by atoms with Crippen LogP contribution in [0.5, 0.6) is 0 Å². The van der Waals surface area contributed by atoms with E-state index >= 15 is 0 Å². The van der Waals surface area contributed by atoms with E-state index < -0.39 is 0 Å². The molecule has 1 fully saturated rings. The van der Waals surface area contributed by atoms with E-state index in [-0.39, 0.29) is 24.0 Å². The zero-order chi connectivity index (χ0) is 20.9. The zero-order valence-corrected chi connectivity index (χ0v) is 21.1. The molecule has 1 aliphatic rings. The molecule has 0 unspecified atom stereocenters. The first-order valence-corrected chi connectivity index (χ1v) is 11.2. The van der Waals surface area contributed by atoms with Gasteiger partial charge in [0.2, 0.25) is 0 Å². The molecule has 1 saturated heterocycles. The van der Waals surface area contributed by atoms with Gasteiger partial charge in [-0.2, -0.15) is 5.10 Å².